The molecule has 1 aromatic heterocycles. The first-order valence-electron chi connectivity index (χ1n) is 10.9. The summed E-state index contributed by atoms with van der Waals surface area (Å²) in [5.41, 5.74) is 10.0. The van der Waals surface area contributed by atoms with Crippen LogP contribution in [-0.4, -0.2) is 34.8 Å². The summed E-state index contributed by atoms with van der Waals surface area (Å²) >= 11 is 0. The van der Waals surface area contributed by atoms with Crippen molar-refractivity contribution in [1.82, 2.24) is 9.88 Å². The van der Waals surface area contributed by atoms with Crippen molar-refractivity contribution in [2.24, 2.45) is 5.73 Å². The van der Waals surface area contributed by atoms with Crippen LogP contribution in [-0.2, 0) is 0 Å². The van der Waals surface area contributed by atoms with Gasteiger partial charge in [-0.2, -0.15) is 0 Å². The average Bonchev–Trinajstić information content (AvgIpc) is 3.01. The van der Waals surface area contributed by atoms with Gasteiger partial charge in [-0.05, 0) is 61.6 Å². The maximum atomic E-state index is 12.8. The summed E-state index contributed by atoms with van der Waals surface area (Å²) in [6.07, 6.45) is 5.39. The summed E-state index contributed by atoms with van der Waals surface area (Å²) in [6, 6.07) is 18.4. The molecular formula is C27H28FN3O2. The molecular weight excluding hydrogens is 417 g/mol. The van der Waals surface area contributed by atoms with Crippen molar-refractivity contribution in [1.29, 1.82) is 0 Å². The maximum absolute atomic E-state index is 12.8. The van der Waals surface area contributed by atoms with Gasteiger partial charge < -0.3 is 10.6 Å². The third-order valence-corrected chi connectivity index (χ3v) is 5.63. The third kappa shape index (κ3) is 6.13. The van der Waals surface area contributed by atoms with E-state index in [1.807, 2.05) is 35.2 Å². The van der Waals surface area contributed by atoms with E-state index in [1.54, 1.807) is 25.4 Å². The van der Waals surface area contributed by atoms with Gasteiger partial charge in [0.15, 0.2) is 0 Å². The molecule has 0 unspecified atom stereocenters. The number of amides is 2. The first-order chi connectivity index (χ1) is 15.9. The smallest absolute Gasteiger partial charge is 0.255 e. The van der Waals surface area contributed by atoms with E-state index in [2.05, 4.69) is 24.0 Å². The fourth-order valence-electron chi connectivity index (χ4n) is 3.86. The highest BCUT2D eigenvalue weighted by molar-refractivity contribution is 5.95. The summed E-state index contributed by atoms with van der Waals surface area (Å²) in [5.74, 6) is -1.21. The lowest BCUT2D eigenvalue weighted by molar-refractivity contribution is 0.0777. The molecule has 2 heterocycles. The Morgan fingerprint density at radius 2 is 1.76 bits per heavy atom. The lowest BCUT2D eigenvalue weighted by Gasteiger charge is -2.22. The van der Waals surface area contributed by atoms with Gasteiger partial charge in [0.05, 0.1) is 11.1 Å². The first-order valence-corrected chi connectivity index (χ1v) is 10.9. The number of benzene rings is 2. The van der Waals surface area contributed by atoms with Crippen LogP contribution >= 0.6 is 0 Å². The summed E-state index contributed by atoms with van der Waals surface area (Å²) in [7, 11) is 0. The molecule has 2 amide bonds. The van der Waals surface area contributed by atoms with Gasteiger partial charge >= 0.3 is 0 Å². The molecule has 0 spiro atoms. The van der Waals surface area contributed by atoms with E-state index >= 15 is 0 Å². The number of hydrogen-bond donors (Lipinski definition) is 1. The zero-order chi connectivity index (χ0) is 23.8. The molecule has 0 atom stereocenters. The number of primary amides is 1. The highest BCUT2D eigenvalue weighted by Gasteiger charge is 2.21. The summed E-state index contributed by atoms with van der Waals surface area (Å²) in [4.78, 5) is 29.3. The predicted octanol–water partition coefficient (Wildman–Crippen LogP) is 5.02. The topological polar surface area (TPSA) is 76.3 Å². The number of halogens is 1. The molecule has 1 aliphatic heterocycles. The first kappa shape index (κ1) is 23.9. The number of carbonyl (C=O) groups is 2. The van der Waals surface area contributed by atoms with E-state index < -0.39 is 11.7 Å². The Morgan fingerprint density at radius 3 is 2.36 bits per heavy atom. The van der Waals surface area contributed by atoms with E-state index in [-0.39, 0.29) is 11.5 Å². The normalized spacial score (nSPS) is 13.6. The van der Waals surface area contributed by atoms with E-state index in [1.165, 1.54) is 28.8 Å². The molecule has 1 aliphatic rings. The summed E-state index contributed by atoms with van der Waals surface area (Å²) in [6.45, 7) is 5.29. The SMILES string of the molecule is CC1=C(c2ccccc2)CN(C(=O)c2cccnc2)CCC1.Cc1cccc(F)c1C(N)=O. The van der Waals surface area contributed by atoms with Crippen LogP contribution in [0.25, 0.3) is 5.57 Å². The second-order valence-corrected chi connectivity index (χ2v) is 7.99. The van der Waals surface area contributed by atoms with Gasteiger partial charge in [-0.25, -0.2) is 4.39 Å². The minimum atomic E-state index is -0.722. The van der Waals surface area contributed by atoms with E-state index in [9.17, 15) is 14.0 Å². The molecule has 170 valence electrons. The lowest BCUT2D eigenvalue weighted by Crippen LogP contribution is -2.32. The number of pyridine rings is 1. The van der Waals surface area contributed by atoms with E-state index in [4.69, 9.17) is 5.73 Å². The van der Waals surface area contributed by atoms with Gasteiger partial charge in [0.2, 0.25) is 0 Å². The number of nitrogens with zero attached hydrogens (tertiary/aromatic N) is 2. The minimum absolute atomic E-state index is 0.0208. The molecule has 0 radical (unpaired) electrons. The third-order valence-electron chi connectivity index (χ3n) is 5.63. The van der Waals surface area contributed by atoms with Crippen molar-refractivity contribution >= 4 is 17.4 Å². The Balaban J connectivity index is 0.000000235. The molecule has 33 heavy (non-hydrogen) atoms. The molecule has 0 fully saturated rings. The van der Waals surface area contributed by atoms with Gasteiger partial charge in [-0.15, -0.1) is 0 Å². The molecule has 4 rings (SSSR count). The monoisotopic (exact) mass is 445 g/mol. The number of aryl methyl sites for hydroxylation is 1. The molecule has 3 aromatic rings. The zero-order valence-electron chi connectivity index (χ0n) is 18.9. The van der Waals surface area contributed by atoms with E-state index in [0.29, 0.717) is 17.7 Å². The standard InChI is InChI=1S/C19H20N2O.C8H8FNO/c1-15-7-6-12-21(19(22)17-10-5-11-20-13-17)14-18(15)16-8-3-2-4-9-16;1-5-3-2-4-6(9)7(5)8(10)11/h2-5,8-11,13H,6-7,12,14H2,1H3;2-4H,1H3,(H2,10,11). The second-order valence-electron chi connectivity index (χ2n) is 7.99. The Morgan fingerprint density at radius 1 is 1.00 bits per heavy atom. The second kappa shape index (κ2) is 11.2. The van der Waals surface area contributed by atoms with Crippen LogP contribution in [0.5, 0.6) is 0 Å². The molecule has 0 aliphatic carbocycles. The fraction of sp³-hybridized carbons (Fsp3) is 0.222. The summed E-state index contributed by atoms with van der Waals surface area (Å²) < 4.78 is 12.8. The molecule has 6 heteroatoms. The highest BCUT2D eigenvalue weighted by Crippen LogP contribution is 2.26. The van der Waals surface area contributed by atoms with E-state index in [0.717, 1.165) is 19.4 Å². The fourth-order valence-corrected chi connectivity index (χ4v) is 3.86. The van der Waals surface area contributed by atoms with Crippen LogP contribution in [0.4, 0.5) is 4.39 Å². The van der Waals surface area contributed by atoms with Crippen LogP contribution in [0.15, 0.2) is 78.6 Å². The van der Waals surface area contributed by atoms with Crippen LogP contribution in [0.2, 0.25) is 0 Å². The van der Waals surface area contributed by atoms with Crippen LogP contribution in [0.1, 0.15) is 51.6 Å². The van der Waals surface area contributed by atoms with Crippen molar-refractivity contribution in [3.8, 4) is 0 Å². The van der Waals surface area contributed by atoms with Gasteiger partial charge in [-0.3, -0.25) is 14.6 Å². The number of allylic oxidation sites excluding steroid dienone is 1. The van der Waals surface area contributed by atoms with Gasteiger partial charge in [0.25, 0.3) is 11.8 Å². The van der Waals surface area contributed by atoms with Crippen LogP contribution in [0, 0.1) is 12.7 Å². The molecule has 2 N–H and O–H groups in total. The van der Waals surface area contributed by atoms with Gasteiger partial charge in [0.1, 0.15) is 5.82 Å². The molecule has 0 saturated heterocycles. The molecule has 0 saturated carbocycles. The van der Waals surface area contributed by atoms with Gasteiger partial charge in [-0.1, -0.05) is 48.0 Å². The largest absolute Gasteiger partial charge is 0.365 e. The van der Waals surface area contributed by atoms with Crippen molar-refractivity contribution in [3.05, 3.63) is 107 Å². The molecule has 5 nitrogen and oxygen atoms in total. The van der Waals surface area contributed by atoms with Crippen molar-refractivity contribution in [3.63, 3.8) is 0 Å². The Kier molecular flexibility index (Phi) is 8.08. The zero-order valence-corrected chi connectivity index (χ0v) is 18.9. The lowest BCUT2D eigenvalue weighted by atomic mass is 9.99. The Bertz CT molecular complexity index is 1120. The van der Waals surface area contributed by atoms with Crippen molar-refractivity contribution < 1.29 is 14.0 Å². The number of rotatable bonds is 3. The molecule has 2 aromatic carbocycles. The minimum Gasteiger partial charge on any atom is -0.365 e. The predicted molar refractivity (Wildman–Crippen MR) is 128 cm³/mol. The Labute approximate surface area is 193 Å². The van der Waals surface area contributed by atoms with Crippen molar-refractivity contribution in [2.45, 2.75) is 26.7 Å². The number of aromatic nitrogens is 1. The quantitative estimate of drug-likeness (QED) is 0.615. The maximum Gasteiger partial charge on any atom is 0.255 e. The number of hydrogen-bond acceptors (Lipinski definition) is 3. The average molecular weight is 446 g/mol. The van der Waals surface area contributed by atoms with Crippen LogP contribution in [0.3, 0.4) is 0 Å². The number of nitrogens with two attached hydrogens (primary N) is 1. The van der Waals surface area contributed by atoms with Crippen molar-refractivity contribution in [2.75, 3.05) is 13.1 Å². The van der Waals surface area contributed by atoms with Crippen LogP contribution < -0.4 is 5.73 Å². The molecule has 0 bridgehead atoms. The van der Waals surface area contributed by atoms with Gasteiger partial charge in [0, 0.05) is 25.5 Å². The summed E-state index contributed by atoms with van der Waals surface area (Å²) in [5, 5.41) is 0. The highest BCUT2D eigenvalue weighted by atomic mass is 19.1. The number of carbonyl (C=O) groups excluding carboxylic acids is 2. The Hall–Kier alpha value is -3.80.